The number of fused-ring (bicyclic) bond motifs is 2. The van der Waals surface area contributed by atoms with Crippen LogP contribution in [-0.2, 0) is 16.4 Å². The maximum atomic E-state index is 13.8. The number of nitrogens with two attached hydrogens (primary N) is 2. The molecule has 0 aliphatic carbocycles. The number of nitrogen functional groups attached to an aromatic ring is 2. The van der Waals surface area contributed by atoms with Crippen molar-refractivity contribution in [1.29, 1.82) is 0 Å². The normalized spacial score (nSPS) is 16.3. The Hall–Kier alpha value is -3.80. The van der Waals surface area contributed by atoms with Crippen molar-refractivity contribution in [2.45, 2.75) is 17.4 Å². The lowest BCUT2D eigenvalue weighted by atomic mass is 10.00. The molecule has 0 spiro atoms. The fourth-order valence-corrected chi connectivity index (χ4v) is 5.48. The van der Waals surface area contributed by atoms with Gasteiger partial charge in [-0.2, -0.15) is 15.1 Å². The molecule has 5 rings (SSSR count). The lowest BCUT2D eigenvalue weighted by Crippen LogP contribution is -2.41. The van der Waals surface area contributed by atoms with Crippen molar-refractivity contribution in [2.75, 3.05) is 22.3 Å². The maximum Gasteiger partial charge on any atom is 0.264 e. The van der Waals surface area contributed by atoms with Crippen LogP contribution in [-0.4, -0.2) is 34.7 Å². The second kappa shape index (κ2) is 7.12. The highest BCUT2D eigenvalue weighted by molar-refractivity contribution is 7.92. The molecule has 1 unspecified atom stereocenters. The molecule has 4 aromatic rings. The lowest BCUT2D eigenvalue weighted by Gasteiger charge is -2.35. The third kappa shape index (κ3) is 3.11. The molecule has 164 valence electrons. The van der Waals surface area contributed by atoms with Gasteiger partial charge in [0, 0.05) is 0 Å². The second-order valence-electron chi connectivity index (χ2n) is 7.39. The molecule has 1 atom stereocenters. The molecule has 3 heterocycles. The Labute approximate surface area is 181 Å². The van der Waals surface area contributed by atoms with Crippen molar-refractivity contribution in [3.05, 3.63) is 65.9 Å². The van der Waals surface area contributed by atoms with Crippen molar-refractivity contribution < 1.29 is 17.2 Å². The van der Waals surface area contributed by atoms with Crippen LogP contribution in [0.5, 0.6) is 0 Å². The lowest BCUT2D eigenvalue weighted by molar-refractivity contribution is 0.455. The third-order valence-corrected chi connectivity index (χ3v) is 7.19. The number of aromatic nitrogens is 4. The maximum absolute atomic E-state index is 13.8. The fraction of sp³-hybridized carbons (Fsp3) is 0.150. The van der Waals surface area contributed by atoms with Gasteiger partial charge in [-0.1, -0.05) is 18.2 Å². The van der Waals surface area contributed by atoms with Gasteiger partial charge in [0.2, 0.25) is 5.95 Å². The molecule has 0 amide bonds. The summed E-state index contributed by atoms with van der Waals surface area (Å²) in [5.74, 6) is -2.23. The first-order chi connectivity index (χ1) is 15.3. The third-order valence-electron chi connectivity index (χ3n) is 5.42. The predicted octanol–water partition coefficient (Wildman–Crippen LogP) is 2.26. The van der Waals surface area contributed by atoms with Crippen LogP contribution < -0.4 is 15.8 Å². The molecule has 2 aromatic carbocycles. The zero-order valence-electron chi connectivity index (χ0n) is 16.5. The SMILES string of the molecule is Nc1nc(N)c2cnn(C3Cc4ccccc4N(S(=O)(=O)c4ccc(F)c(F)c4)C3)c2n1. The van der Waals surface area contributed by atoms with Gasteiger partial charge in [0.1, 0.15) is 5.82 Å². The minimum atomic E-state index is -4.20. The minimum Gasteiger partial charge on any atom is -0.383 e. The van der Waals surface area contributed by atoms with Crippen molar-refractivity contribution >= 4 is 38.5 Å². The summed E-state index contributed by atoms with van der Waals surface area (Å²) in [6.45, 7) is -0.0149. The molecule has 9 nitrogen and oxygen atoms in total. The summed E-state index contributed by atoms with van der Waals surface area (Å²) in [6.07, 6.45) is 1.96. The summed E-state index contributed by atoms with van der Waals surface area (Å²) in [7, 11) is -4.20. The van der Waals surface area contributed by atoms with Crippen molar-refractivity contribution in [2.24, 2.45) is 0 Å². The topological polar surface area (TPSA) is 133 Å². The summed E-state index contributed by atoms with van der Waals surface area (Å²) in [4.78, 5) is 7.79. The summed E-state index contributed by atoms with van der Waals surface area (Å²) < 4.78 is 56.8. The molecule has 32 heavy (non-hydrogen) atoms. The van der Waals surface area contributed by atoms with Gasteiger partial charge in [0.15, 0.2) is 17.3 Å². The molecule has 1 aliphatic rings. The average molecular weight is 457 g/mol. The van der Waals surface area contributed by atoms with Gasteiger partial charge in [-0.15, -0.1) is 0 Å². The molecular weight excluding hydrogens is 440 g/mol. The number of halogens is 2. The van der Waals surface area contributed by atoms with Crippen molar-refractivity contribution in [3.8, 4) is 0 Å². The van der Waals surface area contributed by atoms with E-state index in [2.05, 4.69) is 15.1 Å². The monoisotopic (exact) mass is 457 g/mol. The molecule has 0 bridgehead atoms. The Bertz CT molecular complexity index is 1470. The Morgan fingerprint density at radius 2 is 1.81 bits per heavy atom. The van der Waals surface area contributed by atoms with Gasteiger partial charge < -0.3 is 11.5 Å². The van der Waals surface area contributed by atoms with E-state index in [-0.39, 0.29) is 23.2 Å². The summed E-state index contributed by atoms with van der Waals surface area (Å²) in [6, 6.07) is 9.02. The van der Waals surface area contributed by atoms with E-state index >= 15 is 0 Å². The molecule has 0 saturated carbocycles. The van der Waals surface area contributed by atoms with E-state index in [9.17, 15) is 17.2 Å². The summed E-state index contributed by atoms with van der Waals surface area (Å²) in [5, 5.41) is 4.85. The quantitative estimate of drug-likeness (QED) is 0.482. The van der Waals surface area contributed by atoms with Crippen LogP contribution in [0.15, 0.2) is 53.6 Å². The highest BCUT2D eigenvalue weighted by Gasteiger charge is 2.35. The van der Waals surface area contributed by atoms with Gasteiger partial charge in [0.25, 0.3) is 10.0 Å². The van der Waals surface area contributed by atoms with E-state index in [1.165, 1.54) is 10.5 Å². The number of nitrogens with zero attached hydrogens (tertiary/aromatic N) is 5. The molecule has 0 saturated heterocycles. The van der Waals surface area contributed by atoms with E-state index in [4.69, 9.17) is 11.5 Å². The van der Waals surface area contributed by atoms with E-state index in [0.717, 1.165) is 17.7 Å². The van der Waals surface area contributed by atoms with Gasteiger partial charge in [-0.05, 0) is 36.2 Å². The Morgan fingerprint density at radius 3 is 2.59 bits per heavy atom. The molecule has 0 radical (unpaired) electrons. The standard InChI is InChI=1S/C20H17F2N7O2S/c21-15-6-5-13(8-16(15)22)32(30,31)28-10-12(7-11-3-1-2-4-17(11)28)29-19-14(9-25-29)18(23)26-20(24)27-19/h1-6,8-9,12H,7,10H2,(H4,23,24,26,27). The molecule has 2 aromatic heterocycles. The van der Waals surface area contributed by atoms with Crippen LogP contribution in [0.25, 0.3) is 11.0 Å². The Morgan fingerprint density at radius 1 is 1.03 bits per heavy atom. The van der Waals surface area contributed by atoms with E-state index in [0.29, 0.717) is 29.2 Å². The van der Waals surface area contributed by atoms with Crippen LogP contribution in [0.1, 0.15) is 11.6 Å². The first-order valence-electron chi connectivity index (χ1n) is 9.57. The molecule has 1 aliphatic heterocycles. The van der Waals surface area contributed by atoms with Crippen LogP contribution in [0.2, 0.25) is 0 Å². The van der Waals surface area contributed by atoms with Gasteiger partial charge in [0.05, 0.1) is 34.8 Å². The molecule has 4 N–H and O–H groups in total. The number of sulfonamides is 1. The molecular formula is C20H17F2N7O2S. The highest BCUT2D eigenvalue weighted by Crippen LogP contribution is 2.37. The minimum absolute atomic E-state index is 0.0149. The number of para-hydroxylation sites is 1. The van der Waals surface area contributed by atoms with Crippen LogP contribution in [0, 0.1) is 11.6 Å². The zero-order valence-corrected chi connectivity index (χ0v) is 17.3. The smallest absolute Gasteiger partial charge is 0.264 e. The fourth-order valence-electron chi connectivity index (χ4n) is 3.92. The van der Waals surface area contributed by atoms with Crippen LogP contribution in [0.4, 0.5) is 26.2 Å². The number of hydrogen-bond donors (Lipinski definition) is 2. The number of anilines is 3. The van der Waals surface area contributed by atoms with E-state index in [1.54, 1.807) is 28.9 Å². The van der Waals surface area contributed by atoms with Crippen LogP contribution >= 0.6 is 0 Å². The van der Waals surface area contributed by atoms with Gasteiger partial charge in [-0.25, -0.2) is 21.9 Å². The van der Waals surface area contributed by atoms with E-state index < -0.39 is 27.7 Å². The van der Waals surface area contributed by atoms with Gasteiger partial charge in [-0.3, -0.25) is 4.31 Å². The number of rotatable bonds is 3. The Kier molecular flexibility index (Phi) is 4.48. The largest absolute Gasteiger partial charge is 0.383 e. The highest BCUT2D eigenvalue weighted by atomic mass is 32.2. The second-order valence-corrected chi connectivity index (χ2v) is 9.25. The first kappa shape index (κ1) is 20.1. The first-order valence-corrected chi connectivity index (χ1v) is 11.0. The van der Waals surface area contributed by atoms with Crippen molar-refractivity contribution in [3.63, 3.8) is 0 Å². The van der Waals surface area contributed by atoms with Crippen LogP contribution in [0.3, 0.4) is 0 Å². The predicted molar refractivity (Wildman–Crippen MR) is 114 cm³/mol. The zero-order chi connectivity index (χ0) is 22.6. The summed E-state index contributed by atoms with van der Waals surface area (Å²) >= 11 is 0. The number of benzene rings is 2. The van der Waals surface area contributed by atoms with Gasteiger partial charge >= 0.3 is 0 Å². The van der Waals surface area contributed by atoms with Crippen molar-refractivity contribution in [1.82, 2.24) is 19.7 Å². The molecule has 12 heteroatoms. The van der Waals surface area contributed by atoms with E-state index in [1.807, 2.05) is 0 Å². The summed E-state index contributed by atoms with van der Waals surface area (Å²) in [5.41, 5.74) is 13.2. The molecule has 0 fully saturated rings. The average Bonchev–Trinajstić information content (AvgIpc) is 3.19. The number of hydrogen-bond acceptors (Lipinski definition) is 7. The Balaban J connectivity index is 1.64.